The van der Waals surface area contributed by atoms with Gasteiger partial charge in [-0.3, -0.25) is 4.90 Å². The first-order valence-electron chi connectivity index (χ1n) is 8.35. The molecule has 1 aliphatic carbocycles. The van der Waals surface area contributed by atoms with Crippen molar-refractivity contribution in [3.8, 4) is 0 Å². The highest BCUT2D eigenvalue weighted by atomic mass is 79.9. The smallest absolute Gasteiger partial charge is 0.0244 e. The number of halogens is 1. The Bertz CT molecular complexity index is 470. The van der Waals surface area contributed by atoms with Crippen LogP contribution in [0.2, 0.25) is 0 Å². The monoisotopic (exact) mass is 350 g/mol. The number of rotatable bonds is 4. The molecule has 0 amide bonds. The summed E-state index contributed by atoms with van der Waals surface area (Å²) in [5, 5.41) is 3.21. The second kappa shape index (κ2) is 6.80. The molecule has 0 unspecified atom stereocenters. The first kappa shape index (κ1) is 15.5. The van der Waals surface area contributed by atoms with Crippen LogP contribution in [0.25, 0.3) is 0 Å². The summed E-state index contributed by atoms with van der Waals surface area (Å²) in [6.45, 7) is 4.59. The zero-order valence-electron chi connectivity index (χ0n) is 13.1. The fourth-order valence-corrected chi connectivity index (χ4v) is 4.64. The molecule has 3 heteroatoms. The number of nitrogens with zero attached hydrogens (tertiary/aromatic N) is 1. The van der Waals surface area contributed by atoms with Crippen molar-refractivity contribution in [2.75, 3.05) is 20.1 Å². The second-order valence-corrected chi connectivity index (χ2v) is 7.79. The van der Waals surface area contributed by atoms with Gasteiger partial charge in [-0.2, -0.15) is 0 Å². The van der Waals surface area contributed by atoms with Crippen LogP contribution in [0.5, 0.6) is 0 Å². The third kappa shape index (κ3) is 3.69. The maximum absolute atomic E-state index is 3.75. The van der Waals surface area contributed by atoms with E-state index in [4.69, 9.17) is 0 Å². The van der Waals surface area contributed by atoms with Crippen LogP contribution in [-0.4, -0.2) is 25.0 Å². The van der Waals surface area contributed by atoms with Gasteiger partial charge >= 0.3 is 0 Å². The van der Waals surface area contributed by atoms with Crippen LogP contribution < -0.4 is 5.32 Å². The van der Waals surface area contributed by atoms with Crippen molar-refractivity contribution in [3.63, 3.8) is 0 Å². The molecule has 2 nitrogen and oxygen atoms in total. The van der Waals surface area contributed by atoms with Crippen molar-refractivity contribution >= 4 is 15.9 Å². The van der Waals surface area contributed by atoms with Crippen molar-refractivity contribution in [2.24, 2.45) is 5.41 Å². The lowest BCUT2D eigenvalue weighted by Crippen LogP contribution is -2.38. The largest absolute Gasteiger partial charge is 0.316 e. The summed E-state index contributed by atoms with van der Waals surface area (Å²) < 4.78 is 1.26. The van der Waals surface area contributed by atoms with Gasteiger partial charge in [0, 0.05) is 17.6 Å². The van der Waals surface area contributed by atoms with Crippen molar-refractivity contribution in [3.05, 3.63) is 33.8 Å². The fraction of sp³-hybridized carbons (Fsp3) is 0.667. The van der Waals surface area contributed by atoms with Crippen molar-refractivity contribution in [2.45, 2.75) is 51.6 Å². The van der Waals surface area contributed by atoms with Crippen molar-refractivity contribution in [1.29, 1.82) is 0 Å². The van der Waals surface area contributed by atoms with Gasteiger partial charge in [-0.15, -0.1) is 0 Å². The van der Waals surface area contributed by atoms with Crippen molar-refractivity contribution in [1.82, 2.24) is 10.2 Å². The van der Waals surface area contributed by atoms with Gasteiger partial charge in [-0.1, -0.05) is 40.9 Å². The summed E-state index contributed by atoms with van der Waals surface area (Å²) in [5.41, 5.74) is 3.50. The lowest BCUT2D eigenvalue weighted by Gasteiger charge is -2.39. The summed E-state index contributed by atoms with van der Waals surface area (Å²) in [6.07, 6.45) is 8.76. The average Bonchev–Trinajstić information content (AvgIpc) is 2.93. The molecule has 1 spiro atoms. The van der Waals surface area contributed by atoms with E-state index in [1.165, 1.54) is 67.2 Å². The van der Waals surface area contributed by atoms with Crippen LogP contribution in [0, 0.1) is 5.41 Å². The Kier molecular flexibility index (Phi) is 5.03. The molecular weight excluding hydrogens is 324 g/mol. The molecule has 1 aliphatic heterocycles. The van der Waals surface area contributed by atoms with Crippen LogP contribution in [0.15, 0.2) is 22.7 Å². The van der Waals surface area contributed by atoms with E-state index in [0.29, 0.717) is 0 Å². The average molecular weight is 351 g/mol. The highest BCUT2D eigenvalue weighted by Gasteiger charge is 2.36. The molecule has 0 bridgehead atoms. The van der Waals surface area contributed by atoms with E-state index >= 15 is 0 Å². The molecule has 1 aromatic rings. The molecule has 116 valence electrons. The van der Waals surface area contributed by atoms with Crippen molar-refractivity contribution < 1.29 is 0 Å². The maximum Gasteiger partial charge on any atom is 0.0244 e. The second-order valence-electron chi connectivity index (χ2n) is 6.94. The van der Waals surface area contributed by atoms with E-state index < -0.39 is 0 Å². The predicted molar refractivity (Wildman–Crippen MR) is 92.3 cm³/mol. The highest BCUT2D eigenvalue weighted by Crippen LogP contribution is 2.46. The number of piperidine rings is 1. The number of hydrogen-bond acceptors (Lipinski definition) is 2. The van der Waals surface area contributed by atoms with Crippen LogP contribution in [0.3, 0.4) is 0 Å². The first-order valence-corrected chi connectivity index (χ1v) is 9.14. The van der Waals surface area contributed by atoms with Gasteiger partial charge in [0.2, 0.25) is 0 Å². The number of nitrogens with one attached hydrogen (secondary N) is 1. The van der Waals surface area contributed by atoms with Gasteiger partial charge in [-0.25, -0.2) is 0 Å². The quantitative estimate of drug-likeness (QED) is 0.869. The summed E-state index contributed by atoms with van der Waals surface area (Å²) in [4.78, 5) is 2.64. The van der Waals surface area contributed by atoms with Crippen LogP contribution in [-0.2, 0) is 13.1 Å². The Morgan fingerprint density at radius 2 is 1.86 bits per heavy atom. The van der Waals surface area contributed by atoms with Crippen LogP contribution >= 0.6 is 15.9 Å². The third-order valence-electron chi connectivity index (χ3n) is 5.47. The van der Waals surface area contributed by atoms with E-state index in [-0.39, 0.29) is 0 Å². The van der Waals surface area contributed by atoms with Gasteiger partial charge in [0.05, 0.1) is 0 Å². The zero-order chi connectivity index (χ0) is 14.7. The van der Waals surface area contributed by atoms with E-state index in [1.54, 1.807) is 0 Å². The fourth-order valence-electron chi connectivity index (χ4n) is 4.08. The number of benzene rings is 1. The molecule has 2 fully saturated rings. The van der Waals surface area contributed by atoms with E-state index in [1.807, 2.05) is 7.05 Å². The summed E-state index contributed by atoms with van der Waals surface area (Å²) in [6, 6.07) is 6.80. The molecule has 21 heavy (non-hydrogen) atoms. The molecule has 1 heterocycles. The molecular formula is C18H27BrN2. The third-order valence-corrected chi connectivity index (χ3v) is 6.21. The Labute approximate surface area is 137 Å². The van der Waals surface area contributed by atoms with E-state index in [9.17, 15) is 0 Å². The minimum Gasteiger partial charge on any atom is -0.316 e. The molecule has 0 atom stereocenters. The standard InChI is InChI=1S/C18H27BrN2/c1-20-13-15-4-5-16(17(19)12-15)14-21-10-8-18(9-11-21)6-2-3-7-18/h4-5,12,20H,2-3,6-11,13-14H2,1H3. The number of likely N-dealkylation sites (tertiary alicyclic amines) is 1. The Morgan fingerprint density at radius 3 is 2.48 bits per heavy atom. The minimum absolute atomic E-state index is 0.727. The van der Waals surface area contributed by atoms with E-state index in [0.717, 1.165) is 18.5 Å². The van der Waals surface area contributed by atoms with E-state index in [2.05, 4.69) is 44.3 Å². The Morgan fingerprint density at radius 1 is 1.14 bits per heavy atom. The minimum atomic E-state index is 0.727. The zero-order valence-corrected chi connectivity index (χ0v) is 14.7. The Hall–Kier alpha value is -0.380. The molecule has 0 aromatic heterocycles. The normalized spacial score (nSPS) is 22.0. The molecule has 0 radical (unpaired) electrons. The van der Waals surface area contributed by atoms with Gasteiger partial charge in [0.1, 0.15) is 0 Å². The SMILES string of the molecule is CNCc1ccc(CN2CCC3(CCCC3)CC2)c(Br)c1. The maximum atomic E-state index is 3.75. The molecule has 3 rings (SSSR count). The lowest BCUT2D eigenvalue weighted by molar-refractivity contribution is 0.103. The van der Waals surface area contributed by atoms with Crippen LogP contribution in [0.1, 0.15) is 49.7 Å². The molecule has 1 saturated carbocycles. The topological polar surface area (TPSA) is 15.3 Å². The van der Waals surface area contributed by atoms with Gasteiger partial charge in [0.15, 0.2) is 0 Å². The van der Waals surface area contributed by atoms with Gasteiger partial charge in [0.25, 0.3) is 0 Å². The lowest BCUT2D eigenvalue weighted by atomic mass is 9.77. The van der Waals surface area contributed by atoms with Gasteiger partial charge in [-0.05, 0) is 68.4 Å². The summed E-state index contributed by atoms with van der Waals surface area (Å²) in [7, 11) is 1.99. The van der Waals surface area contributed by atoms with Crippen LogP contribution in [0.4, 0.5) is 0 Å². The summed E-state index contributed by atoms with van der Waals surface area (Å²) >= 11 is 3.75. The Balaban J connectivity index is 1.57. The molecule has 1 aromatic carbocycles. The number of hydrogen-bond donors (Lipinski definition) is 1. The molecule has 1 N–H and O–H groups in total. The molecule has 2 aliphatic rings. The summed E-state index contributed by atoms with van der Waals surface area (Å²) in [5.74, 6) is 0. The highest BCUT2D eigenvalue weighted by molar-refractivity contribution is 9.10. The molecule has 1 saturated heterocycles. The van der Waals surface area contributed by atoms with Gasteiger partial charge < -0.3 is 5.32 Å². The first-order chi connectivity index (χ1) is 10.2. The predicted octanol–water partition coefficient (Wildman–Crippen LogP) is 4.32.